The Bertz CT molecular complexity index is 569. The summed E-state index contributed by atoms with van der Waals surface area (Å²) in [5.74, 6) is 5.45. The van der Waals surface area contributed by atoms with Crippen LogP contribution in [0.3, 0.4) is 0 Å². The summed E-state index contributed by atoms with van der Waals surface area (Å²) >= 11 is 6.11. The number of rotatable bonds is 2. The third-order valence-corrected chi connectivity index (χ3v) is 3.90. The first kappa shape index (κ1) is 15.8. The monoisotopic (exact) mass is 306 g/mol. The molecule has 2 rings (SSSR count). The highest BCUT2D eigenvalue weighted by Crippen LogP contribution is 2.20. The number of aliphatic hydroxyl groups is 1. The minimum atomic E-state index is -0.229. The summed E-state index contributed by atoms with van der Waals surface area (Å²) in [5.41, 5.74) is 6.50. The number of benzene rings is 1. The molecule has 0 radical (unpaired) electrons. The van der Waals surface area contributed by atoms with Crippen LogP contribution in [0.4, 0.5) is 0 Å². The molecule has 0 atom stereocenters. The smallest absolute Gasteiger partial charge is 0.251 e. The summed E-state index contributed by atoms with van der Waals surface area (Å²) in [5, 5.41) is 12.9. The molecule has 1 saturated carbocycles. The van der Waals surface area contributed by atoms with Gasteiger partial charge in [-0.15, -0.1) is 0 Å². The lowest BCUT2D eigenvalue weighted by molar-refractivity contribution is 0.0867. The third kappa shape index (κ3) is 4.47. The van der Waals surface area contributed by atoms with Crippen LogP contribution in [0, 0.1) is 11.8 Å². The molecule has 0 heterocycles. The van der Waals surface area contributed by atoms with Crippen LogP contribution in [0.1, 0.15) is 41.6 Å². The molecule has 1 fully saturated rings. The zero-order valence-electron chi connectivity index (χ0n) is 11.7. The zero-order chi connectivity index (χ0) is 15.2. The number of amides is 1. The minimum Gasteiger partial charge on any atom is -0.393 e. The molecule has 1 aliphatic carbocycles. The van der Waals surface area contributed by atoms with E-state index in [9.17, 15) is 9.90 Å². The van der Waals surface area contributed by atoms with E-state index in [-0.39, 0.29) is 24.6 Å². The first-order valence-corrected chi connectivity index (χ1v) is 7.45. The maximum Gasteiger partial charge on any atom is 0.251 e. The van der Waals surface area contributed by atoms with Crippen molar-refractivity contribution in [2.45, 2.75) is 37.8 Å². The summed E-state index contributed by atoms with van der Waals surface area (Å²) in [6.07, 6.45) is 2.85. The van der Waals surface area contributed by atoms with Gasteiger partial charge in [0.15, 0.2) is 0 Å². The molecule has 112 valence electrons. The number of hydrogen-bond acceptors (Lipinski definition) is 3. The molecular weight excluding hydrogens is 288 g/mol. The lowest BCUT2D eigenvalue weighted by Crippen LogP contribution is -2.38. The highest BCUT2D eigenvalue weighted by Gasteiger charge is 2.21. The third-order valence-electron chi connectivity index (χ3n) is 3.59. The quantitative estimate of drug-likeness (QED) is 0.728. The van der Waals surface area contributed by atoms with Gasteiger partial charge in [0, 0.05) is 17.2 Å². The molecule has 21 heavy (non-hydrogen) atoms. The van der Waals surface area contributed by atoms with E-state index in [0.717, 1.165) is 25.7 Å². The van der Waals surface area contributed by atoms with E-state index < -0.39 is 0 Å². The Labute approximate surface area is 129 Å². The first-order chi connectivity index (χ1) is 10.1. The minimum absolute atomic E-state index is 0.122. The molecular formula is C16H19ClN2O2. The van der Waals surface area contributed by atoms with Gasteiger partial charge in [0.25, 0.3) is 5.91 Å². The van der Waals surface area contributed by atoms with Gasteiger partial charge in [0.1, 0.15) is 0 Å². The van der Waals surface area contributed by atoms with Crippen LogP contribution >= 0.6 is 11.6 Å². The Morgan fingerprint density at radius 2 is 2.10 bits per heavy atom. The lowest BCUT2D eigenvalue weighted by atomic mass is 9.93. The number of carbonyl (C=O) groups excluding carboxylic acids is 1. The maximum atomic E-state index is 12.2. The number of nitrogens with two attached hydrogens (primary N) is 1. The zero-order valence-corrected chi connectivity index (χ0v) is 12.5. The fourth-order valence-electron chi connectivity index (χ4n) is 2.39. The van der Waals surface area contributed by atoms with E-state index >= 15 is 0 Å². The molecule has 1 amide bonds. The summed E-state index contributed by atoms with van der Waals surface area (Å²) in [7, 11) is 0. The fourth-order valence-corrected chi connectivity index (χ4v) is 2.62. The van der Waals surface area contributed by atoms with Crippen LogP contribution < -0.4 is 11.1 Å². The molecule has 4 N–H and O–H groups in total. The van der Waals surface area contributed by atoms with Crippen molar-refractivity contribution >= 4 is 17.5 Å². The van der Waals surface area contributed by atoms with Gasteiger partial charge in [0.05, 0.1) is 17.7 Å². The van der Waals surface area contributed by atoms with Gasteiger partial charge in [-0.1, -0.05) is 23.4 Å². The Morgan fingerprint density at radius 3 is 2.71 bits per heavy atom. The topological polar surface area (TPSA) is 75.4 Å². The molecule has 1 aromatic rings. The van der Waals surface area contributed by atoms with Crippen LogP contribution in [0.5, 0.6) is 0 Å². The van der Waals surface area contributed by atoms with Gasteiger partial charge in [-0.3, -0.25) is 4.79 Å². The average molecular weight is 307 g/mol. The Hall–Kier alpha value is -1.54. The van der Waals surface area contributed by atoms with Crippen molar-refractivity contribution in [3.05, 3.63) is 34.3 Å². The molecule has 0 aliphatic heterocycles. The Kier molecular flexibility index (Phi) is 5.63. The van der Waals surface area contributed by atoms with Gasteiger partial charge >= 0.3 is 0 Å². The van der Waals surface area contributed by atoms with E-state index in [1.807, 2.05) is 0 Å². The van der Waals surface area contributed by atoms with Crippen molar-refractivity contribution < 1.29 is 9.90 Å². The van der Waals surface area contributed by atoms with Gasteiger partial charge in [-0.25, -0.2) is 0 Å². The molecule has 0 unspecified atom stereocenters. The van der Waals surface area contributed by atoms with Gasteiger partial charge in [-0.05, 0) is 43.9 Å². The van der Waals surface area contributed by atoms with Crippen LogP contribution in [-0.2, 0) is 0 Å². The normalized spacial score (nSPS) is 21.3. The molecule has 0 saturated heterocycles. The number of aliphatic hydroxyl groups excluding tert-OH is 1. The lowest BCUT2D eigenvalue weighted by Gasteiger charge is -2.26. The highest BCUT2D eigenvalue weighted by molar-refractivity contribution is 6.32. The predicted octanol–water partition coefficient (Wildman–Crippen LogP) is 1.68. The van der Waals surface area contributed by atoms with Gasteiger partial charge < -0.3 is 16.2 Å². The van der Waals surface area contributed by atoms with E-state index in [4.69, 9.17) is 17.3 Å². The fraction of sp³-hybridized carbons (Fsp3) is 0.438. The Balaban J connectivity index is 2.01. The standard InChI is InChI=1S/C16H19ClN2O2/c17-15-10-12(4-3-11(15)2-1-9-18)16(21)19-13-5-7-14(20)8-6-13/h3-4,10,13-14,20H,5-9,18H2,(H,19,21). The SMILES string of the molecule is NCC#Cc1ccc(C(=O)NC2CCC(O)CC2)cc1Cl. The number of halogens is 1. The molecule has 1 aliphatic rings. The molecule has 1 aromatic carbocycles. The van der Waals surface area contributed by atoms with Crippen LogP contribution in [0.25, 0.3) is 0 Å². The number of nitrogens with one attached hydrogen (secondary N) is 1. The second-order valence-electron chi connectivity index (χ2n) is 5.18. The van der Waals surface area contributed by atoms with Crippen molar-refractivity contribution in [2.75, 3.05) is 6.54 Å². The molecule has 4 nitrogen and oxygen atoms in total. The van der Waals surface area contributed by atoms with Crippen LogP contribution in [0.2, 0.25) is 5.02 Å². The molecule has 5 heteroatoms. The summed E-state index contributed by atoms with van der Waals surface area (Å²) in [6, 6.07) is 5.18. The largest absolute Gasteiger partial charge is 0.393 e. The van der Waals surface area contributed by atoms with E-state index in [2.05, 4.69) is 17.2 Å². The van der Waals surface area contributed by atoms with Crippen molar-refractivity contribution in [1.29, 1.82) is 0 Å². The molecule has 0 aromatic heterocycles. The average Bonchev–Trinajstić information content (AvgIpc) is 2.48. The summed E-state index contributed by atoms with van der Waals surface area (Å²) in [4.78, 5) is 12.2. The summed E-state index contributed by atoms with van der Waals surface area (Å²) < 4.78 is 0. The molecule has 0 spiro atoms. The predicted molar refractivity (Wildman–Crippen MR) is 83.1 cm³/mol. The highest BCUT2D eigenvalue weighted by atomic mass is 35.5. The maximum absolute atomic E-state index is 12.2. The van der Waals surface area contributed by atoms with E-state index in [0.29, 0.717) is 16.1 Å². The van der Waals surface area contributed by atoms with Gasteiger partial charge in [-0.2, -0.15) is 0 Å². The van der Waals surface area contributed by atoms with Gasteiger partial charge in [0.2, 0.25) is 0 Å². The second-order valence-corrected chi connectivity index (χ2v) is 5.59. The number of carbonyl (C=O) groups is 1. The van der Waals surface area contributed by atoms with Crippen LogP contribution in [0.15, 0.2) is 18.2 Å². The van der Waals surface area contributed by atoms with E-state index in [1.165, 1.54) is 0 Å². The molecule has 0 bridgehead atoms. The second kappa shape index (κ2) is 7.46. The number of hydrogen-bond donors (Lipinski definition) is 3. The van der Waals surface area contributed by atoms with Crippen molar-refractivity contribution in [3.63, 3.8) is 0 Å². The first-order valence-electron chi connectivity index (χ1n) is 7.07. The van der Waals surface area contributed by atoms with Crippen LogP contribution in [-0.4, -0.2) is 29.7 Å². The van der Waals surface area contributed by atoms with Crippen molar-refractivity contribution in [1.82, 2.24) is 5.32 Å². The van der Waals surface area contributed by atoms with Crippen molar-refractivity contribution in [3.8, 4) is 11.8 Å². The summed E-state index contributed by atoms with van der Waals surface area (Å²) in [6.45, 7) is 0.270. The Morgan fingerprint density at radius 1 is 1.38 bits per heavy atom. The van der Waals surface area contributed by atoms with E-state index in [1.54, 1.807) is 18.2 Å². The van der Waals surface area contributed by atoms with Crippen molar-refractivity contribution in [2.24, 2.45) is 5.73 Å².